The summed E-state index contributed by atoms with van der Waals surface area (Å²) in [5, 5.41) is 3.38. The molecular formula is C13H20N2O2. The number of carbonyl (C=O) groups is 1. The van der Waals surface area contributed by atoms with Gasteiger partial charge in [-0.05, 0) is 50.9 Å². The maximum absolute atomic E-state index is 12.1. The van der Waals surface area contributed by atoms with E-state index in [0.717, 1.165) is 26.2 Å². The van der Waals surface area contributed by atoms with Crippen LogP contribution in [-0.4, -0.2) is 37.0 Å². The van der Waals surface area contributed by atoms with Crippen LogP contribution in [0.2, 0.25) is 0 Å². The van der Waals surface area contributed by atoms with Crippen molar-refractivity contribution in [3.63, 3.8) is 0 Å². The lowest BCUT2D eigenvalue weighted by Crippen LogP contribution is -2.40. The summed E-state index contributed by atoms with van der Waals surface area (Å²) >= 11 is 0. The number of furan rings is 1. The van der Waals surface area contributed by atoms with Crippen LogP contribution >= 0.6 is 0 Å². The van der Waals surface area contributed by atoms with Crippen LogP contribution in [0.4, 0.5) is 0 Å². The number of rotatable bonds is 4. The standard InChI is InChI=1S/C13H20N2O2/c1-2-15(10-11-5-3-7-14-9-11)13(16)12-6-4-8-17-12/h4,6,8,11,14H,2-3,5,7,9-10H2,1H3. The van der Waals surface area contributed by atoms with Crippen LogP contribution in [0.3, 0.4) is 0 Å². The number of nitrogens with zero attached hydrogens (tertiary/aromatic N) is 1. The van der Waals surface area contributed by atoms with E-state index in [9.17, 15) is 4.79 Å². The van der Waals surface area contributed by atoms with Gasteiger partial charge in [0.2, 0.25) is 0 Å². The van der Waals surface area contributed by atoms with E-state index in [0.29, 0.717) is 11.7 Å². The molecule has 0 aliphatic carbocycles. The minimum Gasteiger partial charge on any atom is -0.459 e. The Balaban J connectivity index is 1.93. The van der Waals surface area contributed by atoms with Gasteiger partial charge in [-0.15, -0.1) is 0 Å². The molecule has 0 bridgehead atoms. The molecule has 0 spiro atoms. The van der Waals surface area contributed by atoms with E-state index in [1.807, 2.05) is 11.8 Å². The van der Waals surface area contributed by atoms with Gasteiger partial charge in [0.25, 0.3) is 5.91 Å². The number of hydrogen-bond donors (Lipinski definition) is 1. The molecule has 4 heteroatoms. The monoisotopic (exact) mass is 236 g/mol. The summed E-state index contributed by atoms with van der Waals surface area (Å²) in [6, 6.07) is 3.48. The molecule has 1 aliphatic rings. The first kappa shape index (κ1) is 12.2. The van der Waals surface area contributed by atoms with Crippen molar-refractivity contribution >= 4 is 5.91 Å². The van der Waals surface area contributed by atoms with E-state index in [1.165, 1.54) is 12.8 Å². The Labute approximate surface area is 102 Å². The molecule has 1 aliphatic heterocycles. The van der Waals surface area contributed by atoms with Crippen molar-refractivity contribution in [1.29, 1.82) is 0 Å². The SMILES string of the molecule is CCN(CC1CCCNC1)C(=O)c1ccco1. The highest BCUT2D eigenvalue weighted by atomic mass is 16.3. The molecule has 2 rings (SSSR count). The average Bonchev–Trinajstić information content (AvgIpc) is 2.90. The van der Waals surface area contributed by atoms with Gasteiger partial charge >= 0.3 is 0 Å². The normalized spacial score (nSPS) is 20.2. The summed E-state index contributed by atoms with van der Waals surface area (Å²) < 4.78 is 5.16. The quantitative estimate of drug-likeness (QED) is 0.866. The molecule has 0 aromatic carbocycles. The molecule has 1 N–H and O–H groups in total. The van der Waals surface area contributed by atoms with Gasteiger partial charge in [-0.1, -0.05) is 0 Å². The van der Waals surface area contributed by atoms with E-state index in [1.54, 1.807) is 18.4 Å². The highest BCUT2D eigenvalue weighted by Gasteiger charge is 2.21. The fourth-order valence-electron chi connectivity index (χ4n) is 2.30. The van der Waals surface area contributed by atoms with Gasteiger partial charge in [0.1, 0.15) is 0 Å². The first-order chi connectivity index (χ1) is 8.31. The fourth-order valence-corrected chi connectivity index (χ4v) is 2.30. The van der Waals surface area contributed by atoms with Gasteiger partial charge in [0.15, 0.2) is 5.76 Å². The van der Waals surface area contributed by atoms with E-state index in [-0.39, 0.29) is 5.91 Å². The topological polar surface area (TPSA) is 45.5 Å². The molecule has 4 nitrogen and oxygen atoms in total. The van der Waals surface area contributed by atoms with Crippen LogP contribution in [0.25, 0.3) is 0 Å². The van der Waals surface area contributed by atoms with Gasteiger partial charge in [0, 0.05) is 13.1 Å². The number of carbonyl (C=O) groups excluding carboxylic acids is 1. The van der Waals surface area contributed by atoms with E-state index < -0.39 is 0 Å². The predicted octanol–water partition coefficient (Wildman–Crippen LogP) is 1.74. The molecule has 0 radical (unpaired) electrons. The minimum atomic E-state index is 0.00285. The molecule has 1 fully saturated rings. The van der Waals surface area contributed by atoms with Crippen molar-refractivity contribution in [1.82, 2.24) is 10.2 Å². The number of piperidine rings is 1. The third-order valence-corrected chi connectivity index (χ3v) is 3.28. The Morgan fingerprint density at radius 2 is 2.53 bits per heavy atom. The predicted molar refractivity (Wildman–Crippen MR) is 65.9 cm³/mol. The van der Waals surface area contributed by atoms with Crippen LogP contribution in [0, 0.1) is 5.92 Å². The molecular weight excluding hydrogens is 216 g/mol. The summed E-state index contributed by atoms with van der Waals surface area (Å²) in [6.07, 6.45) is 3.95. The van der Waals surface area contributed by atoms with Crippen molar-refractivity contribution in [2.75, 3.05) is 26.2 Å². The van der Waals surface area contributed by atoms with E-state index in [4.69, 9.17) is 4.42 Å². The van der Waals surface area contributed by atoms with Crippen molar-refractivity contribution < 1.29 is 9.21 Å². The third-order valence-electron chi connectivity index (χ3n) is 3.28. The molecule has 0 saturated carbocycles. The second kappa shape index (κ2) is 5.87. The van der Waals surface area contributed by atoms with Crippen LogP contribution in [0.15, 0.2) is 22.8 Å². The fraction of sp³-hybridized carbons (Fsp3) is 0.615. The molecule has 1 amide bonds. The van der Waals surface area contributed by atoms with Gasteiger partial charge < -0.3 is 14.6 Å². The summed E-state index contributed by atoms with van der Waals surface area (Å²) in [7, 11) is 0. The van der Waals surface area contributed by atoms with Gasteiger partial charge in [-0.3, -0.25) is 4.79 Å². The number of hydrogen-bond acceptors (Lipinski definition) is 3. The number of nitrogens with one attached hydrogen (secondary N) is 1. The van der Waals surface area contributed by atoms with Gasteiger partial charge in [0.05, 0.1) is 6.26 Å². The number of amides is 1. The third kappa shape index (κ3) is 3.09. The second-order valence-electron chi connectivity index (χ2n) is 4.53. The zero-order valence-electron chi connectivity index (χ0n) is 10.3. The molecule has 1 saturated heterocycles. The summed E-state index contributed by atoms with van der Waals surface area (Å²) in [5.41, 5.74) is 0. The zero-order chi connectivity index (χ0) is 12.1. The lowest BCUT2D eigenvalue weighted by atomic mass is 9.99. The van der Waals surface area contributed by atoms with Crippen molar-refractivity contribution in [3.05, 3.63) is 24.2 Å². The molecule has 1 aromatic heterocycles. The van der Waals surface area contributed by atoms with Crippen molar-refractivity contribution in [2.24, 2.45) is 5.92 Å². The smallest absolute Gasteiger partial charge is 0.289 e. The molecule has 17 heavy (non-hydrogen) atoms. The zero-order valence-corrected chi connectivity index (χ0v) is 10.3. The molecule has 94 valence electrons. The van der Waals surface area contributed by atoms with Crippen molar-refractivity contribution in [2.45, 2.75) is 19.8 Å². The lowest BCUT2D eigenvalue weighted by Gasteiger charge is -2.29. The Morgan fingerprint density at radius 3 is 3.12 bits per heavy atom. The average molecular weight is 236 g/mol. The lowest BCUT2D eigenvalue weighted by molar-refractivity contribution is 0.0697. The van der Waals surface area contributed by atoms with Crippen LogP contribution in [0.5, 0.6) is 0 Å². The minimum absolute atomic E-state index is 0.00285. The van der Waals surface area contributed by atoms with Crippen LogP contribution in [-0.2, 0) is 0 Å². The maximum Gasteiger partial charge on any atom is 0.289 e. The second-order valence-corrected chi connectivity index (χ2v) is 4.53. The van der Waals surface area contributed by atoms with Gasteiger partial charge in [-0.25, -0.2) is 0 Å². The molecule has 2 heterocycles. The Kier molecular flexibility index (Phi) is 4.20. The van der Waals surface area contributed by atoms with E-state index in [2.05, 4.69) is 5.32 Å². The largest absolute Gasteiger partial charge is 0.459 e. The van der Waals surface area contributed by atoms with E-state index >= 15 is 0 Å². The van der Waals surface area contributed by atoms with Crippen LogP contribution in [0.1, 0.15) is 30.3 Å². The molecule has 1 aromatic rings. The first-order valence-corrected chi connectivity index (χ1v) is 6.34. The Hall–Kier alpha value is -1.29. The Morgan fingerprint density at radius 1 is 1.65 bits per heavy atom. The summed E-state index contributed by atoms with van der Waals surface area (Å²) in [6.45, 7) is 5.69. The summed E-state index contributed by atoms with van der Waals surface area (Å²) in [5.74, 6) is 1.02. The summed E-state index contributed by atoms with van der Waals surface area (Å²) in [4.78, 5) is 14.0. The molecule has 1 atom stereocenters. The Bertz CT molecular complexity index is 342. The molecule has 1 unspecified atom stereocenters. The highest BCUT2D eigenvalue weighted by Crippen LogP contribution is 2.14. The maximum atomic E-state index is 12.1. The highest BCUT2D eigenvalue weighted by molar-refractivity contribution is 5.91. The van der Waals surface area contributed by atoms with Gasteiger partial charge in [-0.2, -0.15) is 0 Å². The first-order valence-electron chi connectivity index (χ1n) is 6.34. The van der Waals surface area contributed by atoms with Crippen LogP contribution < -0.4 is 5.32 Å². The van der Waals surface area contributed by atoms with Crippen molar-refractivity contribution in [3.8, 4) is 0 Å².